The summed E-state index contributed by atoms with van der Waals surface area (Å²) < 4.78 is 16.3. The van der Waals surface area contributed by atoms with E-state index in [0.717, 1.165) is 12.4 Å². The second-order valence-corrected chi connectivity index (χ2v) is 4.50. The maximum absolute atomic E-state index is 5.82. The lowest BCUT2D eigenvalue weighted by molar-refractivity contribution is 0.0262. The van der Waals surface area contributed by atoms with Crippen molar-refractivity contribution in [1.82, 2.24) is 0 Å². The first-order valence-electron chi connectivity index (χ1n) is 5.76. The molecule has 1 saturated heterocycles. The van der Waals surface area contributed by atoms with E-state index in [1.807, 2.05) is 31.2 Å². The van der Waals surface area contributed by atoms with Crippen molar-refractivity contribution in [2.45, 2.75) is 19.1 Å². The van der Waals surface area contributed by atoms with Gasteiger partial charge in [-0.25, -0.2) is 0 Å². The molecule has 1 aliphatic heterocycles. The van der Waals surface area contributed by atoms with Crippen molar-refractivity contribution in [1.29, 1.82) is 0 Å². The highest BCUT2D eigenvalue weighted by atomic mass is 35.5. The molecular weight excluding hydrogens is 240 g/mol. The predicted octanol–water partition coefficient (Wildman–Crippen LogP) is 2.40. The Balaban J connectivity index is 1.72. The summed E-state index contributed by atoms with van der Waals surface area (Å²) in [6, 6.07) is 7.93. The Bertz CT molecular complexity index is 335. The van der Waals surface area contributed by atoms with Crippen LogP contribution in [0.25, 0.3) is 0 Å². The zero-order valence-electron chi connectivity index (χ0n) is 9.90. The van der Waals surface area contributed by atoms with Crippen LogP contribution in [-0.2, 0) is 9.47 Å². The summed E-state index contributed by atoms with van der Waals surface area (Å²) in [7, 11) is 0. The average Bonchev–Trinajstić information content (AvgIpc) is 3.15. The summed E-state index contributed by atoms with van der Waals surface area (Å²) in [5, 5.41) is 0. The molecule has 3 nitrogen and oxygen atoms in total. The van der Waals surface area contributed by atoms with E-state index in [1.165, 1.54) is 5.56 Å². The van der Waals surface area contributed by atoms with Crippen molar-refractivity contribution in [3.8, 4) is 5.75 Å². The molecule has 1 aliphatic rings. The SMILES string of the molecule is Cc1ccc(OCC(CCl)OCC2CO2)cc1. The van der Waals surface area contributed by atoms with Crippen LogP contribution >= 0.6 is 11.6 Å². The van der Waals surface area contributed by atoms with Crippen LogP contribution in [0.5, 0.6) is 5.75 Å². The van der Waals surface area contributed by atoms with Crippen molar-refractivity contribution in [3.05, 3.63) is 29.8 Å². The van der Waals surface area contributed by atoms with Crippen molar-refractivity contribution >= 4 is 11.6 Å². The van der Waals surface area contributed by atoms with Gasteiger partial charge in [0.2, 0.25) is 0 Å². The normalized spacial score (nSPS) is 20.0. The zero-order chi connectivity index (χ0) is 12.1. The van der Waals surface area contributed by atoms with Crippen LogP contribution in [0.4, 0.5) is 0 Å². The third-order valence-electron chi connectivity index (χ3n) is 2.55. The second kappa shape index (κ2) is 6.24. The van der Waals surface area contributed by atoms with Gasteiger partial charge in [-0.1, -0.05) is 17.7 Å². The first kappa shape index (κ1) is 12.7. The molecule has 0 saturated carbocycles. The molecule has 1 heterocycles. The molecule has 0 aliphatic carbocycles. The number of alkyl halides is 1. The summed E-state index contributed by atoms with van der Waals surface area (Å²) in [6.45, 7) is 3.92. The highest BCUT2D eigenvalue weighted by Gasteiger charge is 2.24. The van der Waals surface area contributed by atoms with Crippen LogP contribution in [0.2, 0.25) is 0 Å². The molecule has 0 N–H and O–H groups in total. The molecule has 0 radical (unpaired) electrons. The van der Waals surface area contributed by atoms with E-state index < -0.39 is 0 Å². The maximum Gasteiger partial charge on any atom is 0.119 e. The van der Waals surface area contributed by atoms with E-state index in [0.29, 0.717) is 19.1 Å². The van der Waals surface area contributed by atoms with Gasteiger partial charge in [-0.3, -0.25) is 0 Å². The fourth-order valence-electron chi connectivity index (χ4n) is 1.37. The molecule has 2 unspecified atom stereocenters. The fraction of sp³-hybridized carbons (Fsp3) is 0.538. The van der Waals surface area contributed by atoms with E-state index in [9.17, 15) is 0 Å². The molecule has 17 heavy (non-hydrogen) atoms. The first-order valence-corrected chi connectivity index (χ1v) is 6.30. The monoisotopic (exact) mass is 256 g/mol. The highest BCUT2D eigenvalue weighted by molar-refractivity contribution is 6.18. The molecule has 2 atom stereocenters. The summed E-state index contributed by atoms with van der Waals surface area (Å²) in [4.78, 5) is 0. The Labute approximate surface area is 107 Å². The lowest BCUT2D eigenvalue weighted by Crippen LogP contribution is -2.25. The van der Waals surface area contributed by atoms with Gasteiger partial charge in [0.15, 0.2) is 0 Å². The molecule has 1 aromatic rings. The number of ether oxygens (including phenoxy) is 3. The average molecular weight is 257 g/mol. The number of rotatable bonds is 7. The van der Waals surface area contributed by atoms with Crippen LogP contribution in [-0.4, -0.2) is 37.9 Å². The highest BCUT2D eigenvalue weighted by Crippen LogP contribution is 2.14. The minimum atomic E-state index is -0.0813. The summed E-state index contributed by atoms with van der Waals surface area (Å²) >= 11 is 5.82. The van der Waals surface area contributed by atoms with Crippen LogP contribution in [0, 0.1) is 6.92 Å². The molecule has 0 spiro atoms. The van der Waals surface area contributed by atoms with Crippen molar-refractivity contribution in [2.24, 2.45) is 0 Å². The molecule has 2 rings (SSSR count). The number of benzene rings is 1. The molecule has 94 valence electrons. The smallest absolute Gasteiger partial charge is 0.119 e. The number of halogens is 1. The van der Waals surface area contributed by atoms with E-state index in [1.54, 1.807) is 0 Å². The van der Waals surface area contributed by atoms with Gasteiger partial charge in [-0.05, 0) is 19.1 Å². The third-order valence-corrected chi connectivity index (χ3v) is 2.89. The Morgan fingerprint density at radius 1 is 1.41 bits per heavy atom. The van der Waals surface area contributed by atoms with Gasteiger partial charge < -0.3 is 14.2 Å². The van der Waals surface area contributed by atoms with Crippen molar-refractivity contribution in [2.75, 3.05) is 25.7 Å². The number of epoxide rings is 1. The molecule has 4 heteroatoms. The van der Waals surface area contributed by atoms with E-state index in [4.69, 9.17) is 25.8 Å². The third kappa shape index (κ3) is 4.54. The number of aryl methyl sites for hydroxylation is 1. The largest absolute Gasteiger partial charge is 0.491 e. The topological polar surface area (TPSA) is 31.0 Å². The molecule has 0 amide bonds. The molecule has 0 aromatic heterocycles. The Hall–Kier alpha value is -0.770. The van der Waals surface area contributed by atoms with Gasteiger partial charge in [0.25, 0.3) is 0 Å². The van der Waals surface area contributed by atoms with Crippen molar-refractivity contribution < 1.29 is 14.2 Å². The predicted molar refractivity (Wildman–Crippen MR) is 66.9 cm³/mol. The van der Waals surface area contributed by atoms with Crippen LogP contribution in [0.1, 0.15) is 5.56 Å². The van der Waals surface area contributed by atoms with Gasteiger partial charge in [0, 0.05) is 0 Å². The lowest BCUT2D eigenvalue weighted by atomic mass is 10.2. The summed E-state index contributed by atoms with van der Waals surface area (Å²) in [5.74, 6) is 1.27. The zero-order valence-corrected chi connectivity index (χ0v) is 10.7. The minimum absolute atomic E-state index is 0.0813. The van der Waals surface area contributed by atoms with E-state index >= 15 is 0 Å². The van der Waals surface area contributed by atoms with Gasteiger partial charge >= 0.3 is 0 Å². The Morgan fingerprint density at radius 2 is 2.12 bits per heavy atom. The number of hydrogen-bond donors (Lipinski definition) is 0. The van der Waals surface area contributed by atoms with E-state index in [2.05, 4.69) is 0 Å². The first-order chi connectivity index (χ1) is 8.28. The second-order valence-electron chi connectivity index (χ2n) is 4.19. The van der Waals surface area contributed by atoms with Crippen LogP contribution < -0.4 is 4.74 Å². The molecule has 1 aromatic carbocycles. The van der Waals surface area contributed by atoms with Crippen LogP contribution in [0.3, 0.4) is 0 Å². The van der Waals surface area contributed by atoms with Gasteiger partial charge in [-0.2, -0.15) is 0 Å². The van der Waals surface area contributed by atoms with Gasteiger partial charge in [0.1, 0.15) is 24.6 Å². The van der Waals surface area contributed by atoms with Gasteiger partial charge in [-0.15, -0.1) is 11.6 Å². The number of hydrogen-bond acceptors (Lipinski definition) is 3. The van der Waals surface area contributed by atoms with Crippen molar-refractivity contribution in [3.63, 3.8) is 0 Å². The fourth-order valence-corrected chi connectivity index (χ4v) is 1.55. The Kier molecular flexibility index (Phi) is 4.66. The molecular formula is C13H17ClO3. The Morgan fingerprint density at radius 3 is 2.71 bits per heavy atom. The molecule has 1 fully saturated rings. The summed E-state index contributed by atoms with van der Waals surface area (Å²) in [6.07, 6.45) is 0.183. The standard InChI is InChI=1S/C13H17ClO3/c1-10-2-4-11(5-3-10)15-7-12(6-14)16-8-13-9-17-13/h2-5,12-13H,6-9H2,1H3. The van der Waals surface area contributed by atoms with Gasteiger partial charge in [0.05, 0.1) is 19.1 Å². The summed E-state index contributed by atoms with van der Waals surface area (Å²) in [5.41, 5.74) is 1.22. The molecule has 0 bridgehead atoms. The van der Waals surface area contributed by atoms with Crippen LogP contribution in [0.15, 0.2) is 24.3 Å². The quantitative estimate of drug-likeness (QED) is 0.555. The van der Waals surface area contributed by atoms with E-state index in [-0.39, 0.29) is 12.2 Å². The minimum Gasteiger partial charge on any atom is -0.491 e. The lowest BCUT2D eigenvalue weighted by Gasteiger charge is -2.15. The maximum atomic E-state index is 5.82.